The fourth-order valence-corrected chi connectivity index (χ4v) is 2.75. The van der Waals surface area contributed by atoms with E-state index in [1.807, 2.05) is 6.07 Å². The highest BCUT2D eigenvalue weighted by atomic mass is 16.5. The van der Waals surface area contributed by atoms with Gasteiger partial charge < -0.3 is 14.7 Å². The van der Waals surface area contributed by atoms with Crippen LogP contribution in [0.5, 0.6) is 0 Å². The molecule has 0 spiro atoms. The van der Waals surface area contributed by atoms with Crippen molar-refractivity contribution in [1.82, 2.24) is 19.9 Å². The van der Waals surface area contributed by atoms with Crippen molar-refractivity contribution in [2.45, 2.75) is 19.4 Å². The minimum atomic E-state index is -0.724. The first-order valence-electron chi connectivity index (χ1n) is 7.78. The first kappa shape index (κ1) is 16.3. The van der Waals surface area contributed by atoms with Gasteiger partial charge in [0.15, 0.2) is 5.82 Å². The van der Waals surface area contributed by atoms with Crippen LogP contribution in [0.25, 0.3) is 11.5 Å². The number of rotatable bonds is 5. The number of anilines is 1. The Labute approximate surface area is 139 Å². The lowest BCUT2D eigenvalue weighted by atomic mass is 9.97. The number of carboxylic acid groups (broad SMARTS) is 1. The lowest BCUT2D eigenvalue weighted by molar-refractivity contribution is -0.142. The largest absolute Gasteiger partial charge is 0.481 e. The molecule has 0 saturated carbocycles. The van der Waals surface area contributed by atoms with Crippen molar-refractivity contribution in [1.29, 1.82) is 0 Å². The molecule has 3 rings (SSSR count). The van der Waals surface area contributed by atoms with Gasteiger partial charge in [-0.25, -0.2) is 15.0 Å². The average Bonchev–Trinajstić information content (AvgIpc) is 2.62. The van der Waals surface area contributed by atoms with Crippen molar-refractivity contribution >= 4 is 11.8 Å². The van der Waals surface area contributed by atoms with Gasteiger partial charge in [-0.3, -0.25) is 9.78 Å². The maximum Gasteiger partial charge on any atom is 0.306 e. The highest BCUT2D eigenvalue weighted by molar-refractivity contribution is 5.70. The molecule has 0 bridgehead atoms. The maximum absolute atomic E-state index is 11.1. The van der Waals surface area contributed by atoms with Crippen molar-refractivity contribution < 1.29 is 14.6 Å². The zero-order chi connectivity index (χ0) is 16.9. The van der Waals surface area contributed by atoms with Crippen LogP contribution >= 0.6 is 0 Å². The summed E-state index contributed by atoms with van der Waals surface area (Å²) in [5.41, 5.74) is 1.35. The summed E-state index contributed by atoms with van der Waals surface area (Å²) >= 11 is 0. The number of methoxy groups -OCH3 is 1. The van der Waals surface area contributed by atoms with Gasteiger partial charge in [-0.2, -0.15) is 0 Å². The van der Waals surface area contributed by atoms with Crippen LogP contribution in [0.15, 0.2) is 24.7 Å². The van der Waals surface area contributed by atoms with Crippen molar-refractivity contribution in [3.8, 4) is 11.5 Å². The van der Waals surface area contributed by atoms with E-state index in [-0.39, 0.29) is 5.92 Å². The quantitative estimate of drug-likeness (QED) is 0.878. The van der Waals surface area contributed by atoms with Crippen LogP contribution in [0.1, 0.15) is 18.5 Å². The summed E-state index contributed by atoms with van der Waals surface area (Å²) in [4.78, 5) is 30.5. The Hall–Kier alpha value is -2.61. The van der Waals surface area contributed by atoms with Crippen LogP contribution in [0.4, 0.5) is 5.82 Å². The van der Waals surface area contributed by atoms with Crippen LogP contribution in [0.3, 0.4) is 0 Å². The number of piperidine rings is 1. The molecule has 2 aromatic rings. The molecule has 1 aliphatic heterocycles. The number of ether oxygens (including phenoxy) is 1. The summed E-state index contributed by atoms with van der Waals surface area (Å²) in [5.74, 6) is 0.258. The van der Waals surface area contributed by atoms with E-state index in [1.165, 1.54) is 0 Å². The topological polar surface area (TPSA) is 101 Å². The third kappa shape index (κ3) is 3.65. The lowest BCUT2D eigenvalue weighted by Crippen LogP contribution is -2.37. The van der Waals surface area contributed by atoms with Crippen molar-refractivity contribution in [2.75, 3.05) is 25.1 Å². The molecule has 0 radical (unpaired) electrons. The smallest absolute Gasteiger partial charge is 0.306 e. The molecule has 126 valence electrons. The Balaban J connectivity index is 1.87. The maximum atomic E-state index is 11.1. The van der Waals surface area contributed by atoms with E-state index < -0.39 is 5.97 Å². The van der Waals surface area contributed by atoms with Crippen molar-refractivity contribution in [3.05, 3.63) is 30.4 Å². The van der Waals surface area contributed by atoms with E-state index in [9.17, 15) is 4.79 Å². The average molecular weight is 329 g/mol. The minimum absolute atomic E-state index is 0.277. The molecule has 0 atom stereocenters. The molecule has 0 aromatic carbocycles. The number of carbonyl (C=O) groups is 1. The molecule has 1 aliphatic rings. The van der Waals surface area contributed by atoms with Gasteiger partial charge in [0.1, 0.15) is 11.5 Å². The summed E-state index contributed by atoms with van der Waals surface area (Å²) in [7, 11) is 1.61. The summed E-state index contributed by atoms with van der Waals surface area (Å²) in [6.07, 6.45) is 6.03. The van der Waals surface area contributed by atoms with Gasteiger partial charge in [0.05, 0.1) is 24.4 Å². The Morgan fingerprint density at radius 1 is 1.33 bits per heavy atom. The second-order valence-corrected chi connectivity index (χ2v) is 5.66. The third-order valence-electron chi connectivity index (χ3n) is 4.02. The fourth-order valence-electron chi connectivity index (χ4n) is 2.75. The summed E-state index contributed by atoms with van der Waals surface area (Å²) < 4.78 is 5.19. The molecule has 1 N–H and O–H groups in total. The molecule has 2 aromatic heterocycles. The number of hydrogen-bond donors (Lipinski definition) is 1. The molecule has 8 heteroatoms. The molecule has 1 fully saturated rings. The van der Waals surface area contributed by atoms with Gasteiger partial charge >= 0.3 is 5.97 Å². The molecule has 24 heavy (non-hydrogen) atoms. The van der Waals surface area contributed by atoms with Gasteiger partial charge in [-0.15, -0.1) is 0 Å². The SMILES string of the molecule is COCc1cc(N2CCC(C(=O)O)CC2)nc(-c2cnccn2)n1. The van der Waals surface area contributed by atoms with Gasteiger partial charge in [0, 0.05) is 38.7 Å². The van der Waals surface area contributed by atoms with Crippen LogP contribution in [0, 0.1) is 5.92 Å². The number of aromatic nitrogens is 4. The van der Waals surface area contributed by atoms with Gasteiger partial charge in [-0.05, 0) is 12.8 Å². The molecular weight excluding hydrogens is 310 g/mol. The van der Waals surface area contributed by atoms with Crippen LogP contribution < -0.4 is 4.90 Å². The summed E-state index contributed by atoms with van der Waals surface area (Å²) in [6.45, 7) is 1.68. The molecular formula is C16H19N5O3. The summed E-state index contributed by atoms with van der Waals surface area (Å²) in [5, 5.41) is 9.13. The highest BCUT2D eigenvalue weighted by Crippen LogP contribution is 2.24. The Morgan fingerprint density at radius 2 is 2.12 bits per heavy atom. The molecule has 3 heterocycles. The minimum Gasteiger partial charge on any atom is -0.481 e. The number of hydrogen-bond acceptors (Lipinski definition) is 7. The normalized spacial score (nSPS) is 15.5. The first-order chi connectivity index (χ1) is 11.7. The Bertz CT molecular complexity index is 702. The predicted molar refractivity (Wildman–Crippen MR) is 86.3 cm³/mol. The first-order valence-corrected chi connectivity index (χ1v) is 7.78. The van der Waals surface area contributed by atoms with Crippen LogP contribution in [-0.4, -0.2) is 51.2 Å². The lowest BCUT2D eigenvalue weighted by Gasteiger charge is -2.31. The van der Waals surface area contributed by atoms with E-state index in [0.29, 0.717) is 44.1 Å². The highest BCUT2D eigenvalue weighted by Gasteiger charge is 2.25. The Morgan fingerprint density at radius 3 is 2.75 bits per heavy atom. The number of nitrogens with zero attached hydrogens (tertiary/aromatic N) is 5. The van der Waals surface area contributed by atoms with E-state index >= 15 is 0 Å². The standard InChI is InChI=1S/C16H19N5O3/c1-24-10-12-8-14(21-6-2-11(3-7-21)16(22)23)20-15(19-12)13-9-17-4-5-18-13/h4-5,8-9,11H,2-3,6-7,10H2,1H3,(H,22,23). The van der Waals surface area contributed by atoms with E-state index in [4.69, 9.17) is 9.84 Å². The van der Waals surface area contributed by atoms with E-state index in [2.05, 4.69) is 24.8 Å². The molecule has 0 unspecified atom stereocenters. The fraction of sp³-hybridized carbons (Fsp3) is 0.438. The van der Waals surface area contributed by atoms with Gasteiger partial charge in [0.2, 0.25) is 0 Å². The summed E-state index contributed by atoms with van der Waals surface area (Å²) in [6, 6.07) is 1.88. The molecule has 0 amide bonds. The Kier molecular flexibility index (Phi) is 4.95. The van der Waals surface area contributed by atoms with Crippen LogP contribution in [0.2, 0.25) is 0 Å². The molecule has 0 aliphatic carbocycles. The van der Waals surface area contributed by atoms with Gasteiger partial charge in [0.25, 0.3) is 0 Å². The zero-order valence-corrected chi connectivity index (χ0v) is 13.4. The molecule has 8 nitrogen and oxygen atoms in total. The van der Waals surface area contributed by atoms with E-state index in [1.54, 1.807) is 25.7 Å². The zero-order valence-electron chi connectivity index (χ0n) is 13.4. The number of carboxylic acids is 1. The monoisotopic (exact) mass is 329 g/mol. The van der Waals surface area contributed by atoms with Crippen LogP contribution in [-0.2, 0) is 16.1 Å². The second kappa shape index (κ2) is 7.31. The molecule has 1 saturated heterocycles. The predicted octanol–water partition coefficient (Wildman–Crippen LogP) is 1.38. The number of aliphatic carboxylic acids is 1. The van der Waals surface area contributed by atoms with E-state index in [0.717, 1.165) is 11.5 Å². The second-order valence-electron chi connectivity index (χ2n) is 5.66. The van der Waals surface area contributed by atoms with Gasteiger partial charge in [-0.1, -0.05) is 0 Å². The van der Waals surface area contributed by atoms with Crippen molar-refractivity contribution in [3.63, 3.8) is 0 Å². The third-order valence-corrected chi connectivity index (χ3v) is 4.02. The van der Waals surface area contributed by atoms with Crippen molar-refractivity contribution in [2.24, 2.45) is 5.92 Å².